The average molecular weight is 344 g/mol. The van der Waals surface area contributed by atoms with Gasteiger partial charge in [-0.05, 0) is 51.3 Å². The number of para-hydroxylation sites is 1. The number of carbonyl (C=O) groups excluding carboxylic acids is 1. The molecule has 0 aromatic heterocycles. The van der Waals surface area contributed by atoms with Gasteiger partial charge in [-0.15, -0.1) is 0 Å². The normalized spacial score (nSPS) is 12.4. The number of hydrogen-bond acceptors (Lipinski definition) is 4. The number of rotatable bonds is 8. The number of carbonyl (C=O) groups is 1. The molecule has 0 spiro atoms. The average Bonchev–Trinajstić information content (AvgIpc) is 2.44. The fourth-order valence-corrected chi connectivity index (χ4v) is 2.10. The van der Waals surface area contributed by atoms with Crippen LogP contribution in [-0.2, 0) is 4.79 Å². The molecule has 23 heavy (non-hydrogen) atoms. The molecule has 1 unspecified atom stereocenters. The van der Waals surface area contributed by atoms with Crippen molar-refractivity contribution >= 4 is 19.4 Å². The first-order valence-corrected chi connectivity index (χ1v) is 7.40. The largest absolute Gasteiger partial charge is 0.491 e. The standard InChI is InChI=1S/C16H27N3O2.CH4.H2S/c1-11-6-4-7-12(2)15(11)21-10-13(3)19-16(20)14(18)8-5-9-17;;/h4,6-7,13-14H,5,8-10,17-18H2,1-3H3,(H,19,20);1H4;1H2/t13?,14-;;/m0../s1. The third kappa shape index (κ3) is 8.25. The quantitative estimate of drug-likeness (QED) is 0.673. The maximum atomic E-state index is 11.9. The van der Waals surface area contributed by atoms with E-state index in [0.29, 0.717) is 19.6 Å². The topological polar surface area (TPSA) is 90.4 Å². The molecule has 0 aliphatic carbocycles. The lowest BCUT2D eigenvalue weighted by atomic mass is 10.1. The van der Waals surface area contributed by atoms with Gasteiger partial charge in [-0.25, -0.2) is 0 Å². The van der Waals surface area contributed by atoms with Crippen LogP contribution in [0.15, 0.2) is 18.2 Å². The molecule has 0 aliphatic rings. The Bertz CT molecular complexity index is 449. The van der Waals surface area contributed by atoms with Crippen molar-refractivity contribution in [3.05, 3.63) is 29.3 Å². The second-order valence-corrected chi connectivity index (χ2v) is 5.48. The van der Waals surface area contributed by atoms with Crippen molar-refractivity contribution in [3.63, 3.8) is 0 Å². The Kier molecular flexibility index (Phi) is 12.8. The minimum Gasteiger partial charge on any atom is -0.491 e. The molecule has 1 rings (SSSR count). The summed E-state index contributed by atoms with van der Waals surface area (Å²) in [7, 11) is 0. The number of amides is 1. The molecular formula is C17H33N3O2S. The fraction of sp³-hybridized carbons (Fsp3) is 0.588. The first-order valence-electron chi connectivity index (χ1n) is 7.40. The Morgan fingerprint density at radius 2 is 1.87 bits per heavy atom. The van der Waals surface area contributed by atoms with Crippen molar-refractivity contribution in [1.82, 2.24) is 5.32 Å². The van der Waals surface area contributed by atoms with Crippen LogP contribution in [-0.4, -0.2) is 31.1 Å². The van der Waals surface area contributed by atoms with Gasteiger partial charge in [-0.2, -0.15) is 13.5 Å². The maximum absolute atomic E-state index is 11.9. The van der Waals surface area contributed by atoms with Crippen LogP contribution in [0.25, 0.3) is 0 Å². The highest BCUT2D eigenvalue weighted by Crippen LogP contribution is 2.22. The molecule has 0 radical (unpaired) electrons. The van der Waals surface area contributed by atoms with Crippen LogP contribution in [0.3, 0.4) is 0 Å². The molecule has 0 bridgehead atoms. The second kappa shape index (κ2) is 12.2. The molecular weight excluding hydrogens is 310 g/mol. The maximum Gasteiger partial charge on any atom is 0.237 e. The summed E-state index contributed by atoms with van der Waals surface area (Å²) in [5, 5.41) is 2.87. The van der Waals surface area contributed by atoms with Gasteiger partial charge in [0.15, 0.2) is 0 Å². The third-order valence-electron chi connectivity index (χ3n) is 3.33. The van der Waals surface area contributed by atoms with Gasteiger partial charge in [0.05, 0.1) is 12.1 Å². The summed E-state index contributed by atoms with van der Waals surface area (Å²) in [5.41, 5.74) is 13.4. The zero-order valence-electron chi connectivity index (χ0n) is 13.7. The number of nitrogens with two attached hydrogens (primary N) is 2. The van der Waals surface area contributed by atoms with E-state index in [1.54, 1.807) is 0 Å². The molecule has 0 fully saturated rings. The molecule has 1 aromatic rings. The highest BCUT2D eigenvalue weighted by Gasteiger charge is 2.16. The Balaban J connectivity index is 0. The van der Waals surface area contributed by atoms with E-state index in [-0.39, 0.29) is 32.9 Å². The van der Waals surface area contributed by atoms with E-state index in [9.17, 15) is 4.79 Å². The lowest BCUT2D eigenvalue weighted by molar-refractivity contribution is -0.123. The molecule has 1 aromatic carbocycles. The minimum atomic E-state index is -0.504. The van der Waals surface area contributed by atoms with Gasteiger partial charge >= 0.3 is 0 Å². The van der Waals surface area contributed by atoms with E-state index in [4.69, 9.17) is 16.2 Å². The number of benzene rings is 1. The van der Waals surface area contributed by atoms with Crippen LogP contribution in [0.4, 0.5) is 0 Å². The van der Waals surface area contributed by atoms with Crippen molar-refractivity contribution in [1.29, 1.82) is 0 Å². The van der Waals surface area contributed by atoms with E-state index in [1.807, 2.05) is 39.0 Å². The first-order chi connectivity index (χ1) is 9.95. The molecule has 1 amide bonds. The SMILES string of the molecule is C.Cc1cccc(C)c1OCC(C)NC(=O)[C@@H](N)CCCN.S. The molecule has 5 N–H and O–H groups in total. The Morgan fingerprint density at radius 3 is 2.39 bits per heavy atom. The zero-order chi connectivity index (χ0) is 15.8. The van der Waals surface area contributed by atoms with Gasteiger partial charge in [0.25, 0.3) is 0 Å². The summed E-state index contributed by atoms with van der Waals surface area (Å²) in [4.78, 5) is 11.9. The summed E-state index contributed by atoms with van der Waals surface area (Å²) in [6.45, 7) is 6.89. The number of ether oxygens (including phenoxy) is 1. The summed E-state index contributed by atoms with van der Waals surface area (Å²) in [6.07, 6.45) is 1.36. The van der Waals surface area contributed by atoms with E-state index < -0.39 is 6.04 Å². The molecule has 6 heteroatoms. The van der Waals surface area contributed by atoms with Gasteiger partial charge in [0.2, 0.25) is 5.91 Å². The van der Waals surface area contributed by atoms with Crippen molar-refractivity contribution in [2.75, 3.05) is 13.2 Å². The molecule has 0 saturated carbocycles. The highest BCUT2D eigenvalue weighted by molar-refractivity contribution is 7.59. The van der Waals surface area contributed by atoms with E-state index >= 15 is 0 Å². The summed E-state index contributed by atoms with van der Waals surface area (Å²) in [6, 6.07) is 5.42. The Morgan fingerprint density at radius 1 is 1.30 bits per heavy atom. The van der Waals surface area contributed by atoms with Crippen LogP contribution >= 0.6 is 13.5 Å². The predicted molar refractivity (Wildman–Crippen MR) is 102 cm³/mol. The van der Waals surface area contributed by atoms with Crippen LogP contribution in [0.2, 0.25) is 0 Å². The Labute approximate surface area is 147 Å². The minimum absolute atomic E-state index is 0. The third-order valence-corrected chi connectivity index (χ3v) is 3.33. The van der Waals surface area contributed by atoms with Gasteiger partial charge in [0, 0.05) is 0 Å². The van der Waals surface area contributed by atoms with Crippen molar-refractivity contribution in [3.8, 4) is 5.75 Å². The van der Waals surface area contributed by atoms with Gasteiger partial charge in [-0.3, -0.25) is 4.79 Å². The lowest BCUT2D eigenvalue weighted by Gasteiger charge is -2.19. The molecule has 0 heterocycles. The highest BCUT2D eigenvalue weighted by atomic mass is 32.1. The molecule has 0 saturated heterocycles. The summed E-state index contributed by atoms with van der Waals surface area (Å²) < 4.78 is 5.82. The van der Waals surface area contributed by atoms with Crippen LogP contribution in [0, 0.1) is 13.8 Å². The zero-order valence-corrected chi connectivity index (χ0v) is 14.7. The van der Waals surface area contributed by atoms with Gasteiger partial charge in [-0.1, -0.05) is 25.6 Å². The number of hydrogen-bond donors (Lipinski definition) is 3. The van der Waals surface area contributed by atoms with Gasteiger partial charge < -0.3 is 21.5 Å². The van der Waals surface area contributed by atoms with E-state index in [2.05, 4.69) is 5.32 Å². The van der Waals surface area contributed by atoms with Crippen LogP contribution < -0.4 is 21.5 Å². The van der Waals surface area contributed by atoms with Crippen LogP contribution in [0.1, 0.15) is 38.3 Å². The van der Waals surface area contributed by atoms with Gasteiger partial charge in [0.1, 0.15) is 12.4 Å². The summed E-state index contributed by atoms with van der Waals surface area (Å²) in [5.74, 6) is 0.729. The molecule has 0 aliphatic heterocycles. The second-order valence-electron chi connectivity index (χ2n) is 5.48. The summed E-state index contributed by atoms with van der Waals surface area (Å²) >= 11 is 0. The van der Waals surface area contributed by atoms with Crippen molar-refractivity contribution in [2.24, 2.45) is 11.5 Å². The van der Waals surface area contributed by atoms with Crippen molar-refractivity contribution in [2.45, 2.75) is 53.1 Å². The Hall–Kier alpha value is -1.24. The van der Waals surface area contributed by atoms with E-state index in [1.165, 1.54) is 0 Å². The smallest absolute Gasteiger partial charge is 0.237 e. The predicted octanol–water partition coefficient (Wildman–Crippen LogP) is 2.00. The molecule has 2 atom stereocenters. The molecule has 5 nitrogen and oxygen atoms in total. The van der Waals surface area contributed by atoms with Crippen LogP contribution in [0.5, 0.6) is 5.75 Å². The first kappa shape index (κ1) is 24.0. The fourth-order valence-electron chi connectivity index (χ4n) is 2.10. The lowest BCUT2D eigenvalue weighted by Crippen LogP contribution is -2.46. The van der Waals surface area contributed by atoms with E-state index in [0.717, 1.165) is 23.3 Å². The number of nitrogens with one attached hydrogen (secondary N) is 1. The molecule has 134 valence electrons. The monoisotopic (exact) mass is 343 g/mol. The van der Waals surface area contributed by atoms with Crippen molar-refractivity contribution < 1.29 is 9.53 Å². The number of aryl methyl sites for hydroxylation is 2.